The minimum Gasteiger partial charge on any atom is -0.444 e. The quantitative estimate of drug-likeness (QED) is 0.685. The Kier molecular flexibility index (Phi) is 3.26. The first-order chi connectivity index (χ1) is 9.61. The van der Waals surface area contributed by atoms with Crippen LogP contribution in [-0.2, 0) is 5.88 Å². The van der Waals surface area contributed by atoms with Crippen LogP contribution in [0.5, 0.6) is 0 Å². The zero-order valence-corrected chi connectivity index (χ0v) is 12.5. The highest BCUT2D eigenvalue weighted by Crippen LogP contribution is 2.28. The fourth-order valence-corrected chi connectivity index (χ4v) is 2.70. The molecule has 0 saturated heterocycles. The number of aromatic nitrogens is 3. The van der Waals surface area contributed by atoms with Gasteiger partial charge in [0.05, 0.1) is 23.1 Å². The summed E-state index contributed by atoms with van der Waals surface area (Å²) >= 11 is 6.06. The molecule has 0 radical (unpaired) electrons. The lowest BCUT2D eigenvalue weighted by Crippen LogP contribution is -2.10. The molecule has 1 atom stereocenters. The molecule has 0 aliphatic rings. The third kappa shape index (κ3) is 2.00. The standard InChI is InChI=1S/C15H16ClN3O/c1-9-5-4-6-12-14(9)18-13(7-16)19(12)11(3)15-17-8-10(2)20-15/h4-6,8,11H,7H2,1-3H3. The van der Waals surface area contributed by atoms with E-state index in [0.29, 0.717) is 11.8 Å². The number of aryl methyl sites for hydroxylation is 2. The molecule has 2 aromatic heterocycles. The number of oxazole rings is 1. The van der Waals surface area contributed by atoms with Gasteiger partial charge in [-0.1, -0.05) is 12.1 Å². The van der Waals surface area contributed by atoms with E-state index >= 15 is 0 Å². The zero-order valence-electron chi connectivity index (χ0n) is 11.7. The molecule has 0 bridgehead atoms. The van der Waals surface area contributed by atoms with Crippen molar-refractivity contribution >= 4 is 22.6 Å². The lowest BCUT2D eigenvalue weighted by Gasteiger charge is -2.13. The van der Waals surface area contributed by atoms with Crippen LogP contribution in [0.15, 0.2) is 28.8 Å². The van der Waals surface area contributed by atoms with Gasteiger partial charge in [0.15, 0.2) is 0 Å². The Morgan fingerprint density at radius 2 is 2.15 bits per heavy atom. The van der Waals surface area contributed by atoms with Gasteiger partial charge in [0.1, 0.15) is 17.6 Å². The molecule has 1 unspecified atom stereocenters. The normalized spacial score (nSPS) is 13.0. The fourth-order valence-electron chi connectivity index (χ4n) is 2.51. The Morgan fingerprint density at radius 1 is 1.35 bits per heavy atom. The van der Waals surface area contributed by atoms with E-state index in [1.807, 2.05) is 19.9 Å². The summed E-state index contributed by atoms with van der Waals surface area (Å²) in [5.74, 6) is 2.67. The van der Waals surface area contributed by atoms with E-state index in [4.69, 9.17) is 16.0 Å². The molecule has 0 saturated carbocycles. The number of benzene rings is 1. The molecule has 20 heavy (non-hydrogen) atoms. The van der Waals surface area contributed by atoms with Gasteiger partial charge in [-0.2, -0.15) is 0 Å². The highest BCUT2D eigenvalue weighted by Gasteiger charge is 2.20. The Balaban J connectivity index is 2.21. The van der Waals surface area contributed by atoms with Crippen molar-refractivity contribution in [2.45, 2.75) is 32.7 Å². The predicted octanol–water partition coefficient (Wildman–Crippen LogP) is 3.99. The van der Waals surface area contributed by atoms with Crippen LogP contribution in [-0.4, -0.2) is 14.5 Å². The van der Waals surface area contributed by atoms with Gasteiger partial charge in [0.2, 0.25) is 5.89 Å². The van der Waals surface area contributed by atoms with Crippen LogP contribution >= 0.6 is 11.6 Å². The molecule has 0 fully saturated rings. The Morgan fingerprint density at radius 3 is 2.80 bits per heavy atom. The molecule has 3 rings (SSSR count). The molecule has 1 aromatic carbocycles. The van der Waals surface area contributed by atoms with E-state index in [-0.39, 0.29) is 6.04 Å². The summed E-state index contributed by atoms with van der Waals surface area (Å²) in [6.45, 7) is 5.99. The maximum atomic E-state index is 6.06. The second kappa shape index (κ2) is 4.94. The van der Waals surface area contributed by atoms with Crippen molar-refractivity contribution in [3.63, 3.8) is 0 Å². The number of alkyl halides is 1. The highest BCUT2D eigenvalue weighted by molar-refractivity contribution is 6.16. The fraction of sp³-hybridized carbons (Fsp3) is 0.333. The monoisotopic (exact) mass is 289 g/mol. The van der Waals surface area contributed by atoms with Crippen molar-refractivity contribution in [3.8, 4) is 0 Å². The van der Waals surface area contributed by atoms with Crippen LogP contribution in [0.3, 0.4) is 0 Å². The van der Waals surface area contributed by atoms with Crippen LogP contribution in [0.2, 0.25) is 0 Å². The maximum absolute atomic E-state index is 6.06. The Hall–Kier alpha value is -1.81. The summed E-state index contributed by atoms with van der Waals surface area (Å²) in [4.78, 5) is 8.96. The molecule has 104 valence electrons. The molecular formula is C15H16ClN3O. The first-order valence-electron chi connectivity index (χ1n) is 6.56. The number of imidazole rings is 1. The molecule has 0 spiro atoms. The van der Waals surface area contributed by atoms with E-state index in [1.54, 1.807) is 6.20 Å². The first-order valence-corrected chi connectivity index (χ1v) is 7.10. The summed E-state index contributed by atoms with van der Waals surface area (Å²) < 4.78 is 7.74. The molecular weight excluding hydrogens is 274 g/mol. The number of hydrogen-bond donors (Lipinski definition) is 0. The topological polar surface area (TPSA) is 43.9 Å². The van der Waals surface area contributed by atoms with Gasteiger partial charge < -0.3 is 8.98 Å². The van der Waals surface area contributed by atoms with Crippen LogP contribution in [0.25, 0.3) is 11.0 Å². The number of halogens is 1. The van der Waals surface area contributed by atoms with Gasteiger partial charge in [0, 0.05) is 0 Å². The summed E-state index contributed by atoms with van der Waals surface area (Å²) in [6.07, 6.45) is 1.73. The average Bonchev–Trinajstić information content (AvgIpc) is 3.02. The molecule has 4 nitrogen and oxygen atoms in total. The Bertz CT molecular complexity index is 760. The van der Waals surface area contributed by atoms with E-state index in [1.165, 1.54) is 0 Å². The van der Waals surface area contributed by atoms with Crippen molar-refractivity contribution in [1.29, 1.82) is 0 Å². The van der Waals surface area contributed by atoms with Crippen LogP contribution in [0.1, 0.15) is 36.0 Å². The average molecular weight is 290 g/mol. The van der Waals surface area contributed by atoms with E-state index in [0.717, 1.165) is 28.2 Å². The highest BCUT2D eigenvalue weighted by atomic mass is 35.5. The maximum Gasteiger partial charge on any atom is 0.217 e. The SMILES string of the molecule is Cc1cnc(C(C)n2c(CCl)nc3c(C)cccc32)o1. The first kappa shape index (κ1) is 13.2. The van der Waals surface area contributed by atoms with Crippen LogP contribution < -0.4 is 0 Å². The van der Waals surface area contributed by atoms with Crippen molar-refractivity contribution in [2.24, 2.45) is 0 Å². The largest absolute Gasteiger partial charge is 0.444 e. The third-order valence-electron chi connectivity index (χ3n) is 3.50. The van der Waals surface area contributed by atoms with Crippen molar-refractivity contribution in [2.75, 3.05) is 0 Å². The minimum absolute atomic E-state index is 0.0377. The smallest absolute Gasteiger partial charge is 0.217 e. The molecule has 2 heterocycles. The molecule has 5 heteroatoms. The number of hydrogen-bond acceptors (Lipinski definition) is 3. The summed E-state index contributed by atoms with van der Waals surface area (Å²) in [5, 5.41) is 0. The van der Waals surface area contributed by atoms with Crippen molar-refractivity contribution in [3.05, 3.63) is 47.4 Å². The zero-order chi connectivity index (χ0) is 14.3. The van der Waals surface area contributed by atoms with Crippen molar-refractivity contribution in [1.82, 2.24) is 14.5 Å². The van der Waals surface area contributed by atoms with Gasteiger partial charge in [0.25, 0.3) is 0 Å². The summed E-state index contributed by atoms with van der Waals surface area (Å²) in [5.41, 5.74) is 3.19. The molecule has 0 aliphatic heterocycles. The van der Waals surface area contributed by atoms with Crippen LogP contribution in [0.4, 0.5) is 0 Å². The lowest BCUT2D eigenvalue weighted by molar-refractivity contribution is 0.415. The van der Waals surface area contributed by atoms with Gasteiger partial charge in [-0.25, -0.2) is 9.97 Å². The van der Waals surface area contributed by atoms with Gasteiger partial charge in [-0.3, -0.25) is 0 Å². The number of nitrogens with zero attached hydrogens (tertiary/aromatic N) is 3. The van der Waals surface area contributed by atoms with E-state index < -0.39 is 0 Å². The predicted molar refractivity (Wildman–Crippen MR) is 79.1 cm³/mol. The number of para-hydroxylation sites is 1. The second-order valence-electron chi connectivity index (χ2n) is 4.96. The van der Waals surface area contributed by atoms with Crippen molar-refractivity contribution < 1.29 is 4.42 Å². The third-order valence-corrected chi connectivity index (χ3v) is 3.74. The summed E-state index contributed by atoms with van der Waals surface area (Å²) in [7, 11) is 0. The van der Waals surface area contributed by atoms with Gasteiger partial charge >= 0.3 is 0 Å². The number of rotatable bonds is 3. The molecule has 0 aliphatic carbocycles. The van der Waals surface area contributed by atoms with E-state index in [9.17, 15) is 0 Å². The lowest BCUT2D eigenvalue weighted by atomic mass is 10.2. The number of fused-ring (bicyclic) bond motifs is 1. The summed E-state index contributed by atoms with van der Waals surface area (Å²) in [6, 6.07) is 6.10. The second-order valence-corrected chi connectivity index (χ2v) is 5.23. The molecule has 3 aromatic rings. The minimum atomic E-state index is -0.0377. The van der Waals surface area contributed by atoms with Crippen LogP contribution in [0, 0.1) is 13.8 Å². The van der Waals surface area contributed by atoms with Gasteiger partial charge in [-0.05, 0) is 32.4 Å². The van der Waals surface area contributed by atoms with E-state index in [2.05, 4.69) is 33.6 Å². The van der Waals surface area contributed by atoms with Gasteiger partial charge in [-0.15, -0.1) is 11.6 Å². The molecule has 0 N–H and O–H groups in total. The Labute approximate surface area is 122 Å². The molecule has 0 amide bonds.